The second-order valence-electron chi connectivity index (χ2n) is 2.78. The molecule has 1 aromatic carbocycles. The second kappa shape index (κ2) is 6.07. The van der Waals surface area contributed by atoms with Gasteiger partial charge in [0, 0.05) is 12.1 Å². The number of carbonyl (C=O) groups is 1. The zero-order valence-corrected chi connectivity index (χ0v) is 9.78. The molecular weight excluding hydrogens is 228 g/mol. The van der Waals surface area contributed by atoms with Crippen LogP contribution in [0.2, 0.25) is 0 Å². The molecule has 0 heterocycles. The fraction of sp³-hybridized carbons (Fsp3) is 0.182. The van der Waals surface area contributed by atoms with Crippen molar-refractivity contribution in [1.82, 2.24) is 0 Å². The largest absolute Gasteiger partial charge is 0.497 e. The van der Waals surface area contributed by atoms with Crippen molar-refractivity contribution < 1.29 is 19.4 Å². The van der Waals surface area contributed by atoms with E-state index in [2.05, 4.69) is 0 Å². The molecule has 5 heteroatoms. The van der Waals surface area contributed by atoms with Gasteiger partial charge in [0.2, 0.25) is 0 Å². The molecule has 0 aliphatic rings. The molecule has 1 rings (SSSR count). The first kappa shape index (κ1) is 12.4. The Morgan fingerprint density at radius 3 is 2.69 bits per heavy atom. The van der Waals surface area contributed by atoms with E-state index >= 15 is 0 Å². The number of rotatable bonds is 5. The zero-order chi connectivity index (χ0) is 12.0. The summed E-state index contributed by atoms with van der Waals surface area (Å²) in [6, 6.07) is 5.35. The van der Waals surface area contributed by atoms with Crippen molar-refractivity contribution in [2.24, 2.45) is 0 Å². The minimum atomic E-state index is -0.972. The molecule has 16 heavy (non-hydrogen) atoms. The van der Waals surface area contributed by atoms with Crippen LogP contribution in [0, 0.1) is 0 Å². The number of methoxy groups -OCH3 is 2. The van der Waals surface area contributed by atoms with E-state index in [0.29, 0.717) is 11.5 Å². The minimum absolute atomic E-state index is 0.652. The van der Waals surface area contributed by atoms with Crippen molar-refractivity contribution in [1.29, 1.82) is 0 Å². The van der Waals surface area contributed by atoms with Gasteiger partial charge in [-0.15, -0.1) is 0 Å². The first-order chi connectivity index (χ1) is 7.67. The molecular formula is C11H12O4S. The molecule has 0 amide bonds. The lowest BCUT2D eigenvalue weighted by Gasteiger charge is -2.07. The lowest BCUT2D eigenvalue weighted by Crippen LogP contribution is -1.89. The van der Waals surface area contributed by atoms with E-state index in [4.69, 9.17) is 14.6 Å². The number of carboxylic acid groups (broad SMARTS) is 1. The summed E-state index contributed by atoms with van der Waals surface area (Å²) in [5.74, 6) is 0.378. The maximum absolute atomic E-state index is 10.3. The summed E-state index contributed by atoms with van der Waals surface area (Å²) in [6.07, 6.45) is 1.08. The number of hydrogen-bond donors (Lipinski definition) is 1. The molecule has 0 spiro atoms. The number of ether oxygens (including phenoxy) is 2. The summed E-state index contributed by atoms with van der Waals surface area (Å²) in [5, 5.41) is 9.94. The van der Waals surface area contributed by atoms with Crippen molar-refractivity contribution >= 4 is 17.7 Å². The Kier molecular flexibility index (Phi) is 4.72. The van der Waals surface area contributed by atoms with Gasteiger partial charge < -0.3 is 14.6 Å². The molecule has 0 radical (unpaired) electrons. The van der Waals surface area contributed by atoms with Crippen molar-refractivity contribution in [2.45, 2.75) is 4.90 Å². The molecule has 0 bridgehead atoms. The van der Waals surface area contributed by atoms with Gasteiger partial charge in [-0.3, -0.25) is 0 Å². The first-order valence-corrected chi connectivity index (χ1v) is 5.33. The zero-order valence-electron chi connectivity index (χ0n) is 8.97. The van der Waals surface area contributed by atoms with Crippen LogP contribution in [-0.4, -0.2) is 25.3 Å². The van der Waals surface area contributed by atoms with E-state index in [9.17, 15) is 4.79 Å². The van der Waals surface area contributed by atoms with Crippen LogP contribution in [-0.2, 0) is 4.79 Å². The van der Waals surface area contributed by atoms with Gasteiger partial charge in [-0.05, 0) is 17.5 Å². The fourth-order valence-electron chi connectivity index (χ4n) is 1.04. The Balaban J connectivity index is 2.83. The number of thioether (sulfide) groups is 1. The molecule has 1 N–H and O–H groups in total. The molecule has 4 nitrogen and oxygen atoms in total. The molecule has 1 aromatic rings. The Morgan fingerprint density at radius 1 is 1.38 bits per heavy atom. The number of hydrogen-bond acceptors (Lipinski definition) is 4. The highest BCUT2D eigenvalue weighted by molar-refractivity contribution is 8.02. The van der Waals surface area contributed by atoms with Crippen LogP contribution in [0.3, 0.4) is 0 Å². The van der Waals surface area contributed by atoms with Crippen LogP contribution in [0.5, 0.6) is 11.5 Å². The maximum atomic E-state index is 10.3. The molecule has 0 unspecified atom stereocenters. The fourth-order valence-corrected chi connectivity index (χ4v) is 1.77. The molecule has 0 atom stereocenters. The number of benzene rings is 1. The standard InChI is InChI=1S/C11H12O4S/c1-14-8-3-4-10(9(7-8)15-2)16-6-5-11(12)13/h3-7H,1-2H3,(H,12,13)/b6-5+. The van der Waals surface area contributed by atoms with Gasteiger partial charge in [0.05, 0.1) is 19.1 Å². The Hall–Kier alpha value is -1.62. The van der Waals surface area contributed by atoms with Crippen LogP contribution >= 0.6 is 11.8 Å². The van der Waals surface area contributed by atoms with E-state index in [1.807, 2.05) is 6.07 Å². The van der Waals surface area contributed by atoms with E-state index < -0.39 is 5.97 Å². The van der Waals surface area contributed by atoms with Crippen LogP contribution < -0.4 is 9.47 Å². The summed E-state index contributed by atoms with van der Waals surface area (Å²) < 4.78 is 10.2. The van der Waals surface area contributed by atoms with Crippen LogP contribution in [0.1, 0.15) is 0 Å². The lowest BCUT2D eigenvalue weighted by atomic mass is 10.3. The van der Waals surface area contributed by atoms with E-state index in [1.54, 1.807) is 26.4 Å². The van der Waals surface area contributed by atoms with Gasteiger partial charge >= 0.3 is 5.97 Å². The smallest absolute Gasteiger partial charge is 0.328 e. The third-order valence-electron chi connectivity index (χ3n) is 1.78. The molecule has 0 aromatic heterocycles. The predicted octanol–water partition coefficient (Wildman–Crippen LogP) is 2.39. The molecule has 0 saturated carbocycles. The molecule has 0 aliphatic heterocycles. The van der Waals surface area contributed by atoms with Crippen molar-refractivity contribution in [3.8, 4) is 11.5 Å². The summed E-state index contributed by atoms with van der Waals surface area (Å²) in [6.45, 7) is 0. The Labute approximate surface area is 97.9 Å². The quantitative estimate of drug-likeness (QED) is 0.632. The van der Waals surface area contributed by atoms with Crippen LogP contribution in [0.25, 0.3) is 0 Å². The second-order valence-corrected chi connectivity index (χ2v) is 3.72. The lowest BCUT2D eigenvalue weighted by molar-refractivity contribution is -0.131. The van der Waals surface area contributed by atoms with Gasteiger partial charge in [-0.1, -0.05) is 11.8 Å². The van der Waals surface area contributed by atoms with Gasteiger partial charge in [0.15, 0.2) is 0 Å². The molecule has 0 aliphatic carbocycles. The maximum Gasteiger partial charge on any atom is 0.328 e. The third-order valence-corrected chi connectivity index (χ3v) is 2.64. The number of aliphatic carboxylic acids is 1. The summed E-state index contributed by atoms with van der Waals surface area (Å²) in [5.41, 5.74) is 0. The van der Waals surface area contributed by atoms with Crippen molar-refractivity contribution in [2.75, 3.05) is 14.2 Å². The third kappa shape index (κ3) is 3.51. The van der Waals surface area contributed by atoms with Crippen LogP contribution in [0.15, 0.2) is 34.6 Å². The topological polar surface area (TPSA) is 55.8 Å². The summed E-state index contributed by atoms with van der Waals surface area (Å²) in [4.78, 5) is 11.1. The van der Waals surface area contributed by atoms with Gasteiger partial charge in [0.25, 0.3) is 0 Å². The normalized spacial score (nSPS) is 10.4. The number of carboxylic acids is 1. The average Bonchev–Trinajstić information content (AvgIpc) is 2.29. The molecule has 0 fully saturated rings. The molecule has 0 saturated heterocycles. The first-order valence-electron chi connectivity index (χ1n) is 4.45. The van der Waals surface area contributed by atoms with Gasteiger partial charge in [-0.2, -0.15) is 0 Å². The Morgan fingerprint density at radius 2 is 2.12 bits per heavy atom. The summed E-state index contributed by atoms with van der Waals surface area (Å²) >= 11 is 1.28. The van der Waals surface area contributed by atoms with Crippen molar-refractivity contribution in [3.63, 3.8) is 0 Å². The van der Waals surface area contributed by atoms with Gasteiger partial charge in [0.1, 0.15) is 11.5 Å². The highest BCUT2D eigenvalue weighted by Gasteiger charge is 2.04. The monoisotopic (exact) mass is 240 g/mol. The Bertz CT molecular complexity index is 401. The predicted molar refractivity (Wildman–Crippen MR) is 62.2 cm³/mol. The van der Waals surface area contributed by atoms with E-state index in [-0.39, 0.29) is 0 Å². The van der Waals surface area contributed by atoms with E-state index in [0.717, 1.165) is 11.0 Å². The average molecular weight is 240 g/mol. The van der Waals surface area contributed by atoms with Crippen molar-refractivity contribution in [3.05, 3.63) is 29.7 Å². The SMILES string of the molecule is COc1ccc(S/C=C/C(=O)O)c(OC)c1. The highest BCUT2D eigenvalue weighted by atomic mass is 32.2. The minimum Gasteiger partial charge on any atom is -0.497 e. The molecule has 86 valence electrons. The van der Waals surface area contributed by atoms with Crippen LogP contribution in [0.4, 0.5) is 0 Å². The van der Waals surface area contributed by atoms with E-state index in [1.165, 1.54) is 17.2 Å². The van der Waals surface area contributed by atoms with Gasteiger partial charge in [-0.25, -0.2) is 4.79 Å². The summed E-state index contributed by atoms with van der Waals surface area (Å²) in [7, 11) is 3.13. The highest BCUT2D eigenvalue weighted by Crippen LogP contribution is 2.33.